The number of benzene rings is 1. The SMILES string of the molecule is O=C(Nc1c(Cl)cc(Cl)cc1Cl)c1ccc(Cl)s1. The molecule has 0 atom stereocenters. The summed E-state index contributed by atoms with van der Waals surface area (Å²) in [7, 11) is 0. The van der Waals surface area contributed by atoms with E-state index in [1.807, 2.05) is 0 Å². The lowest BCUT2D eigenvalue weighted by Crippen LogP contribution is -2.10. The van der Waals surface area contributed by atoms with E-state index in [-0.39, 0.29) is 16.0 Å². The Labute approximate surface area is 127 Å². The van der Waals surface area contributed by atoms with Crippen LogP contribution >= 0.6 is 57.7 Å². The van der Waals surface area contributed by atoms with Gasteiger partial charge in [0.15, 0.2) is 0 Å². The van der Waals surface area contributed by atoms with E-state index >= 15 is 0 Å². The molecule has 0 bridgehead atoms. The third-order valence-electron chi connectivity index (χ3n) is 2.04. The standard InChI is InChI=1S/C11H5Cl4NOS/c12-5-3-6(13)10(7(14)4-5)16-11(17)8-1-2-9(15)18-8/h1-4H,(H,16,17). The summed E-state index contributed by atoms with van der Waals surface area (Å²) in [4.78, 5) is 12.4. The molecule has 0 aliphatic carbocycles. The Morgan fingerprint density at radius 3 is 2.17 bits per heavy atom. The average molecular weight is 341 g/mol. The van der Waals surface area contributed by atoms with Crippen molar-refractivity contribution in [2.75, 3.05) is 5.32 Å². The van der Waals surface area contributed by atoms with Crippen LogP contribution in [0.1, 0.15) is 9.67 Å². The van der Waals surface area contributed by atoms with Gasteiger partial charge in [0.05, 0.1) is 24.9 Å². The lowest BCUT2D eigenvalue weighted by molar-refractivity contribution is 0.103. The van der Waals surface area contributed by atoms with Gasteiger partial charge in [-0.2, -0.15) is 0 Å². The third kappa shape index (κ3) is 3.11. The summed E-state index contributed by atoms with van der Waals surface area (Å²) < 4.78 is 0.536. The van der Waals surface area contributed by atoms with Gasteiger partial charge in [-0.15, -0.1) is 11.3 Å². The van der Waals surface area contributed by atoms with Crippen LogP contribution in [0.2, 0.25) is 19.4 Å². The Bertz CT molecular complexity index is 588. The van der Waals surface area contributed by atoms with E-state index in [1.165, 1.54) is 23.5 Å². The molecule has 94 valence electrons. The number of carbonyl (C=O) groups excluding carboxylic acids is 1. The van der Waals surface area contributed by atoms with Crippen LogP contribution in [0.3, 0.4) is 0 Å². The van der Waals surface area contributed by atoms with E-state index < -0.39 is 0 Å². The second-order valence-corrected chi connectivity index (χ2v) is 6.27. The van der Waals surface area contributed by atoms with Crippen LogP contribution in [0.4, 0.5) is 5.69 Å². The first kappa shape index (κ1) is 14.0. The Kier molecular flexibility index (Phi) is 4.41. The first-order valence-corrected chi connectivity index (χ1v) is 7.01. The monoisotopic (exact) mass is 339 g/mol. The molecular weight excluding hydrogens is 336 g/mol. The minimum Gasteiger partial charge on any atom is -0.319 e. The van der Waals surface area contributed by atoms with Crippen LogP contribution in [0.25, 0.3) is 0 Å². The fraction of sp³-hybridized carbons (Fsp3) is 0. The summed E-state index contributed by atoms with van der Waals surface area (Å²) >= 11 is 24.6. The van der Waals surface area contributed by atoms with Crippen LogP contribution in [0, 0.1) is 0 Å². The summed E-state index contributed by atoms with van der Waals surface area (Å²) in [6.07, 6.45) is 0. The largest absolute Gasteiger partial charge is 0.319 e. The zero-order chi connectivity index (χ0) is 13.3. The second-order valence-electron chi connectivity index (χ2n) is 3.30. The predicted octanol–water partition coefficient (Wildman–Crippen LogP) is 5.61. The molecule has 1 N–H and O–H groups in total. The number of hydrogen-bond acceptors (Lipinski definition) is 2. The van der Waals surface area contributed by atoms with Crippen molar-refractivity contribution in [1.82, 2.24) is 0 Å². The van der Waals surface area contributed by atoms with Gasteiger partial charge in [0.25, 0.3) is 5.91 Å². The van der Waals surface area contributed by atoms with Crippen molar-refractivity contribution in [3.8, 4) is 0 Å². The van der Waals surface area contributed by atoms with Crippen molar-refractivity contribution in [3.05, 3.63) is 48.5 Å². The van der Waals surface area contributed by atoms with Gasteiger partial charge in [-0.3, -0.25) is 4.79 Å². The summed E-state index contributed by atoms with van der Waals surface area (Å²) in [5.41, 5.74) is 0.331. The zero-order valence-corrected chi connectivity index (χ0v) is 12.5. The molecule has 7 heteroatoms. The molecule has 0 saturated carbocycles. The summed E-state index contributed by atoms with van der Waals surface area (Å²) in [6.45, 7) is 0. The molecule has 0 saturated heterocycles. The Balaban J connectivity index is 2.27. The second kappa shape index (κ2) is 5.68. The van der Waals surface area contributed by atoms with E-state index in [0.717, 1.165) is 0 Å². The molecule has 0 fully saturated rings. The molecule has 0 spiro atoms. The van der Waals surface area contributed by atoms with Crippen molar-refractivity contribution < 1.29 is 4.79 Å². The molecule has 2 nitrogen and oxygen atoms in total. The Morgan fingerprint density at radius 2 is 1.67 bits per heavy atom. The van der Waals surface area contributed by atoms with Crippen molar-refractivity contribution >= 4 is 69.3 Å². The van der Waals surface area contributed by atoms with Gasteiger partial charge >= 0.3 is 0 Å². The lowest BCUT2D eigenvalue weighted by Gasteiger charge is -2.08. The average Bonchev–Trinajstić information content (AvgIpc) is 2.70. The highest BCUT2D eigenvalue weighted by molar-refractivity contribution is 7.18. The normalized spacial score (nSPS) is 10.4. The van der Waals surface area contributed by atoms with Crippen LogP contribution in [0.15, 0.2) is 24.3 Å². The van der Waals surface area contributed by atoms with Gasteiger partial charge in [0.1, 0.15) is 0 Å². The van der Waals surface area contributed by atoms with E-state index in [1.54, 1.807) is 12.1 Å². The molecule has 18 heavy (non-hydrogen) atoms. The first-order valence-electron chi connectivity index (χ1n) is 4.68. The molecule has 0 aliphatic heterocycles. The van der Waals surface area contributed by atoms with Crippen LogP contribution in [0.5, 0.6) is 0 Å². The molecule has 0 aliphatic rings. The van der Waals surface area contributed by atoms with Gasteiger partial charge < -0.3 is 5.32 Å². The van der Waals surface area contributed by atoms with Gasteiger partial charge in [0, 0.05) is 5.02 Å². The number of nitrogens with one attached hydrogen (secondary N) is 1. The van der Waals surface area contributed by atoms with Crippen molar-refractivity contribution in [1.29, 1.82) is 0 Å². The van der Waals surface area contributed by atoms with E-state index in [2.05, 4.69) is 5.32 Å². The Morgan fingerprint density at radius 1 is 1.06 bits per heavy atom. The summed E-state index contributed by atoms with van der Waals surface area (Å²) in [6, 6.07) is 6.28. The topological polar surface area (TPSA) is 29.1 Å². The van der Waals surface area contributed by atoms with Gasteiger partial charge in [-0.05, 0) is 24.3 Å². The van der Waals surface area contributed by atoms with E-state index in [9.17, 15) is 4.79 Å². The predicted molar refractivity (Wildman–Crippen MR) is 78.8 cm³/mol. The molecule has 2 rings (SSSR count). The number of rotatable bonds is 2. The molecule has 1 aromatic heterocycles. The molecular formula is C11H5Cl4NOS. The minimum atomic E-state index is -0.321. The first-order chi connectivity index (χ1) is 8.47. The summed E-state index contributed by atoms with van der Waals surface area (Å²) in [5.74, 6) is -0.321. The van der Waals surface area contributed by atoms with Crippen LogP contribution < -0.4 is 5.32 Å². The van der Waals surface area contributed by atoms with Crippen LogP contribution in [-0.4, -0.2) is 5.91 Å². The fourth-order valence-corrected chi connectivity index (χ4v) is 3.12. The van der Waals surface area contributed by atoms with E-state index in [0.29, 0.717) is 19.9 Å². The quantitative estimate of drug-likeness (QED) is 0.755. The van der Waals surface area contributed by atoms with Gasteiger partial charge in [0.2, 0.25) is 0 Å². The highest BCUT2D eigenvalue weighted by Gasteiger charge is 2.14. The van der Waals surface area contributed by atoms with Gasteiger partial charge in [-0.25, -0.2) is 0 Å². The molecule has 1 amide bonds. The molecule has 1 aromatic carbocycles. The number of carbonyl (C=O) groups is 1. The highest BCUT2D eigenvalue weighted by Crippen LogP contribution is 2.34. The van der Waals surface area contributed by atoms with E-state index in [4.69, 9.17) is 46.4 Å². The maximum Gasteiger partial charge on any atom is 0.265 e. The minimum absolute atomic E-state index is 0.281. The summed E-state index contributed by atoms with van der Waals surface area (Å²) in [5, 5.41) is 3.59. The maximum absolute atomic E-state index is 11.9. The molecule has 0 radical (unpaired) electrons. The molecule has 2 aromatic rings. The smallest absolute Gasteiger partial charge is 0.265 e. The van der Waals surface area contributed by atoms with Crippen LogP contribution in [-0.2, 0) is 0 Å². The fourth-order valence-electron chi connectivity index (χ4n) is 1.27. The number of hydrogen-bond donors (Lipinski definition) is 1. The highest BCUT2D eigenvalue weighted by atomic mass is 35.5. The number of amides is 1. The molecule has 0 unspecified atom stereocenters. The van der Waals surface area contributed by atoms with Crippen molar-refractivity contribution in [2.24, 2.45) is 0 Å². The molecule has 1 heterocycles. The number of halogens is 4. The maximum atomic E-state index is 11.9. The lowest BCUT2D eigenvalue weighted by atomic mass is 10.3. The number of anilines is 1. The third-order valence-corrected chi connectivity index (χ3v) is 4.09. The van der Waals surface area contributed by atoms with Gasteiger partial charge in [-0.1, -0.05) is 46.4 Å². The Hall–Kier alpha value is -0.450. The number of thiophene rings is 1. The van der Waals surface area contributed by atoms with Crippen molar-refractivity contribution in [3.63, 3.8) is 0 Å². The van der Waals surface area contributed by atoms with Crippen molar-refractivity contribution in [2.45, 2.75) is 0 Å². The zero-order valence-electron chi connectivity index (χ0n) is 8.64.